The number of nitrogens with one attached hydrogen (secondary N) is 1. The van der Waals surface area contributed by atoms with Gasteiger partial charge in [0, 0.05) is 39.5 Å². The zero-order valence-corrected chi connectivity index (χ0v) is 13.5. The predicted octanol–water partition coefficient (Wildman–Crippen LogP) is 2.08. The standard InChI is InChI=1S/C16H28N4O/c1-13(2)8-17-9-15-10-18-11-16(19-15)20(3)12-14-4-6-21-7-5-14/h10-11,13-14,17H,4-9,12H2,1-3H3. The Morgan fingerprint density at radius 2 is 2.10 bits per heavy atom. The van der Waals surface area contributed by atoms with E-state index in [-0.39, 0.29) is 0 Å². The van der Waals surface area contributed by atoms with E-state index in [2.05, 4.69) is 36.1 Å². The molecule has 118 valence electrons. The summed E-state index contributed by atoms with van der Waals surface area (Å²) in [5, 5.41) is 3.41. The van der Waals surface area contributed by atoms with Crippen molar-refractivity contribution in [2.75, 3.05) is 38.3 Å². The number of anilines is 1. The fraction of sp³-hybridized carbons (Fsp3) is 0.750. The molecule has 2 heterocycles. The molecule has 0 aromatic carbocycles. The van der Waals surface area contributed by atoms with Crippen LogP contribution in [0, 0.1) is 11.8 Å². The van der Waals surface area contributed by atoms with E-state index in [1.807, 2.05) is 12.4 Å². The van der Waals surface area contributed by atoms with Crippen LogP contribution in [0.5, 0.6) is 0 Å². The van der Waals surface area contributed by atoms with Gasteiger partial charge in [0.1, 0.15) is 5.82 Å². The van der Waals surface area contributed by atoms with Crippen molar-refractivity contribution in [2.45, 2.75) is 33.2 Å². The second-order valence-electron chi connectivity index (χ2n) is 6.33. The zero-order chi connectivity index (χ0) is 15.1. The molecule has 1 aliphatic heterocycles. The van der Waals surface area contributed by atoms with Crippen molar-refractivity contribution in [1.29, 1.82) is 0 Å². The largest absolute Gasteiger partial charge is 0.381 e. The van der Waals surface area contributed by atoms with Crippen LogP contribution in [0.2, 0.25) is 0 Å². The van der Waals surface area contributed by atoms with E-state index >= 15 is 0 Å². The van der Waals surface area contributed by atoms with Gasteiger partial charge in [0.15, 0.2) is 0 Å². The van der Waals surface area contributed by atoms with Gasteiger partial charge in [-0.05, 0) is 31.2 Å². The van der Waals surface area contributed by atoms with E-state index in [0.717, 1.165) is 57.2 Å². The van der Waals surface area contributed by atoms with Crippen molar-refractivity contribution >= 4 is 5.82 Å². The van der Waals surface area contributed by atoms with Crippen LogP contribution in [0.4, 0.5) is 5.82 Å². The summed E-state index contributed by atoms with van der Waals surface area (Å²) in [6.45, 7) is 9.01. The zero-order valence-electron chi connectivity index (χ0n) is 13.5. The first-order valence-electron chi connectivity index (χ1n) is 7.95. The molecule has 1 fully saturated rings. The SMILES string of the molecule is CC(C)CNCc1cncc(N(C)CC2CCOCC2)n1. The molecule has 0 unspecified atom stereocenters. The fourth-order valence-electron chi connectivity index (χ4n) is 2.56. The van der Waals surface area contributed by atoms with Gasteiger partial charge in [-0.25, -0.2) is 4.98 Å². The molecule has 1 aromatic rings. The van der Waals surface area contributed by atoms with Gasteiger partial charge in [0.05, 0.1) is 11.9 Å². The van der Waals surface area contributed by atoms with Gasteiger partial charge >= 0.3 is 0 Å². The Labute approximate surface area is 128 Å². The van der Waals surface area contributed by atoms with Crippen molar-refractivity contribution in [3.63, 3.8) is 0 Å². The van der Waals surface area contributed by atoms with Crippen molar-refractivity contribution in [2.24, 2.45) is 11.8 Å². The Morgan fingerprint density at radius 3 is 2.81 bits per heavy atom. The van der Waals surface area contributed by atoms with Gasteiger partial charge in [-0.3, -0.25) is 4.98 Å². The summed E-state index contributed by atoms with van der Waals surface area (Å²) in [6.07, 6.45) is 5.99. The minimum atomic E-state index is 0.650. The molecule has 1 saturated heterocycles. The number of nitrogens with zero attached hydrogens (tertiary/aromatic N) is 3. The van der Waals surface area contributed by atoms with E-state index in [0.29, 0.717) is 11.8 Å². The third-order valence-corrected chi connectivity index (χ3v) is 3.79. The first kappa shape index (κ1) is 16.2. The Kier molecular flexibility index (Phi) is 6.39. The van der Waals surface area contributed by atoms with Gasteiger partial charge in [0.2, 0.25) is 0 Å². The molecular formula is C16H28N4O. The van der Waals surface area contributed by atoms with E-state index in [9.17, 15) is 0 Å². The van der Waals surface area contributed by atoms with Gasteiger partial charge in [-0.1, -0.05) is 13.8 Å². The molecule has 1 aromatic heterocycles. The van der Waals surface area contributed by atoms with E-state index in [4.69, 9.17) is 9.72 Å². The summed E-state index contributed by atoms with van der Waals surface area (Å²) in [5.41, 5.74) is 1.01. The van der Waals surface area contributed by atoms with Crippen molar-refractivity contribution in [3.05, 3.63) is 18.1 Å². The summed E-state index contributed by atoms with van der Waals surface area (Å²) < 4.78 is 5.41. The molecule has 0 radical (unpaired) electrons. The highest BCUT2D eigenvalue weighted by Gasteiger charge is 2.16. The molecule has 0 bridgehead atoms. The lowest BCUT2D eigenvalue weighted by Gasteiger charge is -2.27. The molecule has 0 spiro atoms. The van der Waals surface area contributed by atoms with Gasteiger partial charge < -0.3 is 15.0 Å². The number of ether oxygens (including phenoxy) is 1. The molecular weight excluding hydrogens is 264 g/mol. The van der Waals surface area contributed by atoms with Crippen LogP contribution in [0.1, 0.15) is 32.4 Å². The molecule has 0 amide bonds. The Morgan fingerprint density at radius 1 is 1.33 bits per heavy atom. The highest BCUT2D eigenvalue weighted by molar-refractivity contribution is 5.35. The molecule has 5 heteroatoms. The normalized spacial score (nSPS) is 16.4. The molecule has 0 saturated carbocycles. The lowest BCUT2D eigenvalue weighted by molar-refractivity contribution is 0.0685. The minimum Gasteiger partial charge on any atom is -0.381 e. The van der Waals surface area contributed by atoms with E-state index < -0.39 is 0 Å². The summed E-state index contributed by atoms with van der Waals surface area (Å²) in [6, 6.07) is 0. The van der Waals surface area contributed by atoms with Crippen LogP contribution in [0.25, 0.3) is 0 Å². The monoisotopic (exact) mass is 292 g/mol. The first-order chi connectivity index (χ1) is 10.1. The third kappa shape index (κ3) is 5.59. The molecule has 0 aliphatic carbocycles. The average Bonchev–Trinajstić information content (AvgIpc) is 2.48. The predicted molar refractivity (Wildman–Crippen MR) is 85.4 cm³/mol. The van der Waals surface area contributed by atoms with Crippen molar-refractivity contribution in [3.8, 4) is 0 Å². The number of aromatic nitrogens is 2. The Hall–Kier alpha value is -1.20. The summed E-state index contributed by atoms with van der Waals surface area (Å²) >= 11 is 0. The van der Waals surface area contributed by atoms with E-state index in [1.165, 1.54) is 0 Å². The van der Waals surface area contributed by atoms with Gasteiger partial charge in [0.25, 0.3) is 0 Å². The lowest BCUT2D eigenvalue weighted by Crippen LogP contribution is -2.30. The topological polar surface area (TPSA) is 50.3 Å². The maximum atomic E-state index is 5.41. The van der Waals surface area contributed by atoms with Crippen LogP contribution >= 0.6 is 0 Å². The molecule has 2 rings (SSSR count). The summed E-state index contributed by atoms with van der Waals surface area (Å²) in [4.78, 5) is 11.2. The number of hydrogen-bond donors (Lipinski definition) is 1. The smallest absolute Gasteiger partial charge is 0.147 e. The van der Waals surface area contributed by atoms with Crippen LogP contribution in [-0.2, 0) is 11.3 Å². The Balaban J connectivity index is 1.86. The summed E-state index contributed by atoms with van der Waals surface area (Å²) in [7, 11) is 2.10. The molecule has 1 N–H and O–H groups in total. The van der Waals surface area contributed by atoms with Gasteiger partial charge in [-0.15, -0.1) is 0 Å². The molecule has 21 heavy (non-hydrogen) atoms. The minimum absolute atomic E-state index is 0.650. The second-order valence-corrected chi connectivity index (χ2v) is 6.33. The van der Waals surface area contributed by atoms with Crippen LogP contribution in [0.3, 0.4) is 0 Å². The van der Waals surface area contributed by atoms with Crippen molar-refractivity contribution < 1.29 is 4.74 Å². The third-order valence-electron chi connectivity index (χ3n) is 3.79. The Bertz CT molecular complexity index is 418. The lowest BCUT2D eigenvalue weighted by atomic mass is 10.00. The molecule has 0 atom stereocenters. The molecule has 1 aliphatic rings. The van der Waals surface area contributed by atoms with Gasteiger partial charge in [-0.2, -0.15) is 0 Å². The second kappa shape index (κ2) is 8.29. The van der Waals surface area contributed by atoms with E-state index in [1.54, 1.807) is 0 Å². The van der Waals surface area contributed by atoms with Crippen LogP contribution < -0.4 is 10.2 Å². The maximum Gasteiger partial charge on any atom is 0.147 e. The van der Waals surface area contributed by atoms with Crippen LogP contribution in [0.15, 0.2) is 12.4 Å². The highest BCUT2D eigenvalue weighted by atomic mass is 16.5. The first-order valence-corrected chi connectivity index (χ1v) is 7.95. The highest BCUT2D eigenvalue weighted by Crippen LogP contribution is 2.18. The van der Waals surface area contributed by atoms with Crippen LogP contribution in [-0.4, -0.2) is 43.3 Å². The average molecular weight is 292 g/mol. The summed E-state index contributed by atoms with van der Waals surface area (Å²) in [5.74, 6) is 2.32. The van der Waals surface area contributed by atoms with Crippen molar-refractivity contribution in [1.82, 2.24) is 15.3 Å². The number of rotatable bonds is 7. The number of hydrogen-bond acceptors (Lipinski definition) is 5. The maximum absolute atomic E-state index is 5.41. The quantitative estimate of drug-likeness (QED) is 0.834. The fourth-order valence-corrected chi connectivity index (χ4v) is 2.56. The molecule has 5 nitrogen and oxygen atoms in total.